The smallest absolute Gasteiger partial charge is 0.220 e. The number of methoxy groups -OCH3 is 1. The summed E-state index contributed by atoms with van der Waals surface area (Å²) in [6.07, 6.45) is 6.31. The molecular formula is C23H27FN6O2. The van der Waals surface area contributed by atoms with Crippen LogP contribution in [0, 0.1) is 18.8 Å². The molecule has 9 heteroatoms. The number of pyridine rings is 1. The van der Waals surface area contributed by atoms with Crippen LogP contribution < -0.4 is 16.2 Å². The molecule has 8 nitrogen and oxygen atoms in total. The Balaban J connectivity index is 1.72. The first-order chi connectivity index (χ1) is 15.5. The average molecular weight is 439 g/mol. The first kappa shape index (κ1) is 21.9. The van der Waals surface area contributed by atoms with Gasteiger partial charge in [0.05, 0.1) is 29.9 Å². The van der Waals surface area contributed by atoms with E-state index < -0.39 is 0 Å². The zero-order chi connectivity index (χ0) is 22.7. The molecule has 2 heterocycles. The minimum absolute atomic E-state index is 0.0292. The number of hydrogen-bond donors (Lipinski definition) is 2. The molecule has 168 valence electrons. The molecule has 2 aliphatic rings. The number of hydrogen-bond acceptors (Lipinski definition) is 8. The molecule has 0 spiro atoms. The normalized spacial score (nSPS) is 23.6. The van der Waals surface area contributed by atoms with Crippen LogP contribution in [-0.4, -0.2) is 40.9 Å². The van der Waals surface area contributed by atoms with Crippen molar-refractivity contribution in [1.29, 1.82) is 0 Å². The number of rotatable bonds is 6. The van der Waals surface area contributed by atoms with Crippen molar-refractivity contribution >= 4 is 11.7 Å². The average Bonchev–Trinajstić information content (AvgIpc) is 2.78. The lowest BCUT2D eigenvalue weighted by atomic mass is 9.70. The zero-order valence-corrected chi connectivity index (χ0v) is 18.2. The SMILES string of the molecule is COc1cccc(C2C=C(F)C=CC2[C@H]2C/C(=N\OCCN)c3c(C)nc(N)nc3C2)n1. The van der Waals surface area contributed by atoms with E-state index in [1.54, 1.807) is 19.3 Å². The fourth-order valence-corrected chi connectivity index (χ4v) is 4.51. The van der Waals surface area contributed by atoms with Gasteiger partial charge in [0.1, 0.15) is 12.4 Å². The Morgan fingerprint density at radius 1 is 1.22 bits per heavy atom. The van der Waals surface area contributed by atoms with Crippen LogP contribution in [0.2, 0.25) is 0 Å². The Bertz CT molecular complexity index is 1080. The topological polar surface area (TPSA) is 122 Å². The summed E-state index contributed by atoms with van der Waals surface area (Å²) in [7, 11) is 1.56. The second kappa shape index (κ2) is 9.44. The third-order valence-corrected chi connectivity index (χ3v) is 5.84. The largest absolute Gasteiger partial charge is 0.481 e. The van der Waals surface area contributed by atoms with Crippen LogP contribution in [-0.2, 0) is 11.3 Å². The second-order valence-corrected chi connectivity index (χ2v) is 7.94. The maximum Gasteiger partial charge on any atom is 0.220 e. The van der Waals surface area contributed by atoms with Gasteiger partial charge in [-0.1, -0.05) is 17.3 Å². The number of halogens is 1. The summed E-state index contributed by atoms with van der Waals surface area (Å²) in [6.45, 7) is 2.56. The van der Waals surface area contributed by atoms with E-state index in [1.807, 2.05) is 25.1 Å². The van der Waals surface area contributed by atoms with E-state index >= 15 is 0 Å². The standard InChI is InChI=1S/C23H27FN6O2/c1-13-22-19(29-23(26)27-13)10-14(11-20(22)30-32-9-8-25)16-7-6-15(24)12-17(16)18-4-3-5-21(28-18)31-2/h3-7,12,14,16-17H,8-11,25H2,1-2H3,(H2,26,27,29)/b30-20+/t14-,16?,17?/m1/s1. The molecule has 0 saturated heterocycles. The van der Waals surface area contributed by atoms with Gasteiger partial charge in [-0.15, -0.1) is 0 Å². The quantitative estimate of drug-likeness (QED) is 0.525. The number of nitrogens with zero attached hydrogens (tertiary/aromatic N) is 4. The fourth-order valence-electron chi connectivity index (χ4n) is 4.51. The highest BCUT2D eigenvalue weighted by molar-refractivity contribution is 6.03. The van der Waals surface area contributed by atoms with Gasteiger partial charge in [-0.2, -0.15) is 0 Å². The number of aromatic nitrogens is 3. The van der Waals surface area contributed by atoms with Crippen LogP contribution in [0.5, 0.6) is 5.88 Å². The second-order valence-electron chi connectivity index (χ2n) is 7.94. The number of allylic oxidation sites excluding steroid dienone is 4. The Morgan fingerprint density at radius 3 is 2.84 bits per heavy atom. The van der Waals surface area contributed by atoms with E-state index in [0.29, 0.717) is 31.9 Å². The Kier molecular flexibility index (Phi) is 6.45. The van der Waals surface area contributed by atoms with Crippen molar-refractivity contribution in [1.82, 2.24) is 15.0 Å². The van der Waals surface area contributed by atoms with Gasteiger partial charge in [0.2, 0.25) is 11.8 Å². The summed E-state index contributed by atoms with van der Waals surface area (Å²) in [4.78, 5) is 18.8. The highest BCUT2D eigenvalue weighted by Crippen LogP contribution is 2.42. The molecule has 0 bridgehead atoms. The van der Waals surface area contributed by atoms with Gasteiger partial charge in [0.25, 0.3) is 0 Å². The number of fused-ring (bicyclic) bond motifs is 1. The summed E-state index contributed by atoms with van der Waals surface area (Å²) >= 11 is 0. The molecule has 4 rings (SSSR count). The van der Waals surface area contributed by atoms with E-state index in [0.717, 1.165) is 28.4 Å². The van der Waals surface area contributed by atoms with E-state index in [1.165, 1.54) is 6.08 Å². The fraction of sp³-hybridized carbons (Fsp3) is 0.391. The summed E-state index contributed by atoms with van der Waals surface area (Å²) in [5.74, 6) is 0.226. The molecule has 32 heavy (non-hydrogen) atoms. The molecule has 3 atom stereocenters. The Hall–Kier alpha value is -3.33. The summed E-state index contributed by atoms with van der Waals surface area (Å²) in [5.41, 5.74) is 15.4. The first-order valence-corrected chi connectivity index (χ1v) is 10.6. The van der Waals surface area contributed by atoms with E-state index in [9.17, 15) is 4.39 Å². The van der Waals surface area contributed by atoms with Gasteiger partial charge >= 0.3 is 0 Å². The molecular weight excluding hydrogens is 411 g/mol. The van der Waals surface area contributed by atoms with Crippen molar-refractivity contribution in [2.45, 2.75) is 25.7 Å². The van der Waals surface area contributed by atoms with Gasteiger partial charge in [0.15, 0.2) is 0 Å². The predicted octanol–water partition coefficient (Wildman–Crippen LogP) is 2.84. The molecule has 2 aromatic heterocycles. The van der Waals surface area contributed by atoms with Gasteiger partial charge in [-0.3, -0.25) is 0 Å². The van der Waals surface area contributed by atoms with Crippen LogP contribution in [0.3, 0.4) is 0 Å². The zero-order valence-electron chi connectivity index (χ0n) is 18.2. The van der Waals surface area contributed by atoms with Crippen molar-refractivity contribution in [2.75, 3.05) is 26.0 Å². The van der Waals surface area contributed by atoms with Crippen LogP contribution in [0.15, 0.2) is 47.4 Å². The van der Waals surface area contributed by atoms with Crippen LogP contribution in [0.1, 0.15) is 35.0 Å². The van der Waals surface area contributed by atoms with E-state index in [-0.39, 0.29) is 29.5 Å². The molecule has 4 N–H and O–H groups in total. The maximum absolute atomic E-state index is 14.3. The van der Waals surface area contributed by atoms with E-state index in [4.69, 9.17) is 21.0 Å². The van der Waals surface area contributed by atoms with Crippen molar-refractivity contribution in [3.8, 4) is 5.88 Å². The van der Waals surface area contributed by atoms with Crippen molar-refractivity contribution < 1.29 is 14.0 Å². The Morgan fingerprint density at radius 2 is 2.06 bits per heavy atom. The van der Waals surface area contributed by atoms with Crippen molar-refractivity contribution in [3.63, 3.8) is 0 Å². The van der Waals surface area contributed by atoms with E-state index in [2.05, 4.69) is 20.1 Å². The minimum atomic E-state index is -0.283. The molecule has 2 unspecified atom stereocenters. The Labute approximate surface area is 186 Å². The number of nitrogen functional groups attached to an aromatic ring is 1. The van der Waals surface area contributed by atoms with Gasteiger partial charge < -0.3 is 21.0 Å². The van der Waals surface area contributed by atoms with Crippen molar-refractivity contribution in [3.05, 3.63) is 64.9 Å². The maximum atomic E-state index is 14.3. The molecule has 0 aliphatic heterocycles. The van der Waals surface area contributed by atoms with Gasteiger partial charge in [0, 0.05) is 24.1 Å². The molecule has 0 aromatic carbocycles. The molecule has 2 aliphatic carbocycles. The van der Waals surface area contributed by atoms with Gasteiger partial charge in [-0.05, 0) is 49.8 Å². The van der Waals surface area contributed by atoms with Crippen LogP contribution in [0.25, 0.3) is 0 Å². The van der Waals surface area contributed by atoms with Crippen molar-refractivity contribution in [2.24, 2.45) is 22.7 Å². The lowest BCUT2D eigenvalue weighted by molar-refractivity contribution is 0.150. The minimum Gasteiger partial charge on any atom is -0.481 e. The van der Waals surface area contributed by atoms with Gasteiger partial charge in [-0.25, -0.2) is 19.3 Å². The van der Waals surface area contributed by atoms with Crippen LogP contribution in [0.4, 0.5) is 10.3 Å². The summed E-state index contributed by atoms with van der Waals surface area (Å²) < 4.78 is 19.6. The molecule has 2 aromatic rings. The highest BCUT2D eigenvalue weighted by Gasteiger charge is 2.37. The highest BCUT2D eigenvalue weighted by atomic mass is 19.1. The number of nitrogens with two attached hydrogens (primary N) is 2. The number of anilines is 1. The lowest BCUT2D eigenvalue weighted by Crippen LogP contribution is -2.32. The monoisotopic (exact) mass is 438 g/mol. The molecule has 0 amide bonds. The molecule has 0 radical (unpaired) electrons. The number of oxime groups is 1. The van der Waals surface area contributed by atoms with Crippen LogP contribution >= 0.6 is 0 Å². The summed E-state index contributed by atoms with van der Waals surface area (Å²) in [5, 5.41) is 4.36. The third-order valence-electron chi connectivity index (χ3n) is 5.84. The number of ether oxygens (including phenoxy) is 1. The first-order valence-electron chi connectivity index (χ1n) is 10.6. The lowest BCUT2D eigenvalue weighted by Gasteiger charge is -2.35. The summed E-state index contributed by atoms with van der Waals surface area (Å²) in [6, 6.07) is 5.53. The third kappa shape index (κ3) is 4.47. The molecule has 0 saturated carbocycles. The predicted molar refractivity (Wildman–Crippen MR) is 120 cm³/mol. The number of aryl methyl sites for hydroxylation is 1. The molecule has 0 fully saturated rings.